The van der Waals surface area contributed by atoms with Crippen LogP contribution in [-0.4, -0.2) is 11.7 Å². The number of alkyl halides is 1. The minimum atomic E-state index is -0.984. The fourth-order valence-corrected chi connectivity index (χ4v) is 0.846. The summed E-state index contributed by atoms with van der Waals surface area (Å²) >= 11 is 5.19. The Bertz CT molecular complexity index is 92.4. The number of hydrogen-bond donors (Lipinski definition) is 1. The molecule has 0 radical (unpaired) electrons. The fraction of sp³-hybridized carbons (Fsp3) is 1.00. The van der Waals surface area contributed by atoms with E-state index in [4.69, 9.17) is 11.8 Å². The highest BCUT2D eigenvalue weighted by Gasteiger charge is 2.47. The molecule has 1 aliphatic carbocycles. The third kappa shape index (κ3) is 0.955. The molecule has 48 valence electrons. The molecule has 1 saturated carbocycles. The van der Waals surface area contributed by atoms with Crippen molar-refractivity contribution in [2.45, 2.75) is 31.5 Å². The maximum atomic E-state index is 12.7. The van der Waals surface area contributed by atoms with Crippen molar-refractivity contribution in [2.24, 2.45) is 0 Å². The van der Waals surface area contributed by atoms with Crippen molar-refractivity contribution in [3.8, 4) is 0 Å². The van der Waals surface area contributed by atoms with Crippen molar-refractivity contribution in [2.75, 3.05) is 0 Å². The Morgan fingerprint density at radius 1 is 1.75 bits per heavy atom. The summed E-state index contributed by atoms with van der Waals surface area (Å²) in [5, 5.41) is 0. The molecule has 1 aliphatic rings. The molecule has 0 aromatic heterocycles. The molecule has 0 heterocycles. The molecule has 8 heavy (non-hydrogen) atoms. The highest BCUT2D eigenvalue weighted by molar-refractivity contribution is 6.13. The molecule has 0 unspecified atom stereocenters. The lowest BCUT2D eigenvalue weighted by Gasteiger charge is -2.10. The molecule has 1 atom stereocenters. The maximum absolute atomic E-state index is 12.7. The van der Waals surface area contributed by atoms with Crippen molar-refractivity contribution < 1.29 is 4.39 Å². The molecule has 0 aromatic carbocycles. The van der Waals surface area contributed by atoms with E-state index in [0.717, 1.165) is 0 Å². The van der Waals surface area contributed by atoms with E-state index in [2.05, 4.69) is 4.84 Å². The van der Waals surface area contributed by atoms with Gasteiger partial charge in [-0.15, -0.1) is 0 Å². The Kier molecular flexibility index (Phi) is 1.46. The Morgan fingerprint density at radius 3 is 2.38 bits per heavy atom. The first-order chi connectivity index (χ1) is 3.69. The van der Waals surface area contributed by atoms with E-state index in [1.807, 2.05) is 0 Å². The van der Waals surface area contributed by atoms with Crippen LogP contribution in [0.4, 0.5) is 4.39 Å². The molecule has 0 amide bonds. The first-order valence-electron chi connectivity index (χ1n) is 2.74. The van der Waals surface area contributed by atoms with Gasteiger partial charge in [-0.2, -0.15) is 0 Å². The van der Waals surface area contributed by atoms with E-state index >= 15 is 0 Å². The molecule has 1 N–H and O–H groups in total. The minimum absolute atomic E-state index is 0.191. The van der Waals surface area contributed by atoms with E-state index in [9.17, 15) is 4.39 Å². The molecule has 1 fully saturated rings. The molecule has 0 spiro atoms. The second-order valence-electron chi connectivity index (χ2n) is 2.37. The van der Waals surface area contributed by atoms with Crippen LogP contribution in [0.15, 0.2) is 0 Å². The van der Waals surface area contributed by atoms with Crippen LogP contribution in [-0.2, 0) is 0 Å². The zero-order valence-electron chi connectivity index (χ0n) is 4.75. The monoisotopic (exact) mass is 137 g/mol. The second-order valence-corrected chi connectivity index (χ2v) is 2.58. The molecular formula is C5H9ClFN. The van der Waals surface area contributed by atoms with Gasteiger partial charge in [0.25, 0.3) is 0 Å². The Morgan fingerprint density at radius 2 is 2.25 bits per heavy atom. The summed E-state index contributed by atoms with van der Waals surface area (Å²) in [6, 6.07) is -0.191. The summed E-state index contributed by atoms with van der Waals surface area (Å²) in [4.78, 5) is 2.36. The van der Waals surface area contributed by atoms with E-state index in [1.54, 1.807) is 6.92 Å². The number of hydrogen-bond acceptors (Lipinski definition) is 1. The van der Waals surface area contributed by atoms with Crippen molar-refractivity contribution in [1.29, 1.82) is 0 Å². The number of rotatable bonds is 2. The third-order valence-corrected chi connectivity index (χ3v) is 1.99. The Labute approximate surface area is 53.3 Å². The van der Waals surface area contributed by atoms with E-state index in [-0.39, 0.29) is 6.04 Å². The fourth-order valence-electron chi connectivity index (χ4n) is 0.650. The highest BCUT2D eigenvalue weighted by Crippen LogP contribution is 2.42. The Hall–Kier alpha value is 0.180. The van der Waals surface area contributed by atoms with Gasteiger partial charge < -0.3 is 0 Å². The van der Waals surface area contributed by atoms with Crippen molar-refractivity contribution in [1.82, 2.24) is 4.84 Å². The van der Waals surface area contributed by atoms with E-state index in [1.165, 1.54) is 0 Å². The predicted octanol–water partition coefficient (Wildman–Crippen LogP) is 1.62. The first kappa shape index (κ1) is 6.30. The normalized spacial score (nSPS) is 27.4. The Balaban J connectivity index is 2.34. The van der Waals surface area contributed by atoms with Gasteiger partial charge >= 0.3 is 0 Å². The average Bonchev–Trinajstić information content (AvgIpc) is 2.47. The second kappa shape index (κ2) is 1.85. The molecule has 1 nitrogen and oxygen atoms in total. The van der Waals surface area contributed by atoms with Gasteiger partial charge in [0.2, 0.25) is 0 Å². The van der Waals surface area contributed by atoms with Crippen molar-refractivity contribution >= 4 is 11.8 Å². The lowest BCUT2D eigenvalue weighted by Crippen LogP contribution is -2.29. The summed E-state index contributed by atoms with van der Waals surface area (Å²) in [6.45, 7) is 1.75. The number of halogens is 2. The van der Waals surface area contributed by atoms with Crippen LogP contribution >= 0.6 is 11.8 Å². The molecule has 0 aromatic rings. The molecule has 0 aliphatic heterocycles. The zero-order valence-corrected chi connectivity index (χ0v) is 5.50. The van der Waals surface area contributed by atoms with Gasteiger partial charge in [0.15, 0.2) is 0 Å². The zero-order chi connectivity index (χ0) is 6.20. The van der Waals surface area contributed by atoms with Gasteiger partial charge in [-0.25, -0.2) is 9.23 Å². The molecule has 0 saturated heterocycles. The summed E-state index contributed by atoms with van der Waals surface area (Å²) in [5.74, 6) is 0. The number of nitrogens with one attached hydrogen (secondary N) is 1. The standard InChI is InChI=1S/C5H9ClFN/c1-4(8-6)5(7)2-3-5/h4,8H,2-3H2,1H3/t4-/m1/s1. The van der Waals surface area contributed by atoms with Crippen LogP contribution in [0, 0.1) is 0 Å². The van der Waals surface area contributed by atoms with E-state index in [0.29, 0.717) is 12.8 Å². The van der Waals surface area contributed by atoms with Crippen molar-refractivity contribution in [3.63, 3.8) is 0 Å². The van der Waals surface area contributed by atoms with Crippen LogP contribution in [0.2, 0.25) is 0 Å². The van der Waals surface area contributed by atoms with Gasteiger partial charge in [-0.3, -0.25) is 0 Å². The highest BCUT2D eigenvalue weighted by atomic mass is 35.5. The SMILES string of the molecule is C[C@@H](NCl)C1(F)CC1. The minimum Gasteiger partial charge on any atom is -0.242 e. The largest absolute Gasteiger partial charge is 0.242 e. The molecule has 3 heteroatoms. The van der Waals surface area contributed by atoms with Gasteiger partial charge in [-0.1, -0.05) is 0 Å². The summed E-state index contributed by atoms with van der Waals surface area (Å²) < 4.78 is 12.7. The average molecular weight is 138 g/mol. The van der Waals surface area contributed by atoms with Gasteiger partial charge in [0.05, 0.1) is 6.04 Å². The molecule has 0 bridgehead atoms. The predicted molar refractivity (Wildman–Crippen MR) is 31.5 cm³/mol. The summed E-state index contributed by atoms with van der Waals surface area (Å²) in [5.41, 5.74) is -0.984. The quantitative estimate of drug-likeness (QED) is 0.571. The van der Waals surface area contributed by atoms with Gasteiger partial charge in [0.1, 0.15) is 5.67 Å². The van der Waals surface area contributed by atoms with Crippen LogP contribution in [0.3, 0.4) is 0 Å². The third-order valence-electron chi connectivity index (χ3n) is 1.67. The van der Waals surface area contributed by atoms with E-state index < -0.39 is 5.67 Å². The smallest absolute Gasteiger partial charge is 0.127 e. The van der Waals surface area contributed by atoms with Crippen LogP contribution < -0.4 is 4.84 Å². The van der Waals surface area contributed by atoms with Gasteiger partial charge in [-0.05, 0) is 31.5 Å². The topological polar surface area (TPSA) is 12.0 Å². The molecule has 1 rings (SSSR count). The van der Waals surface area contributed by atoms with Crippen LogP contribution in [0.1, 0.15) is 19.8 Å². The molecular weight excluding hydrogens is 129 g/mol. The maximum Gasteiger partial charge on any atom is 0.127 e. The van der Waals surface area contributed by atoms with Gasteiger partial charge in [0, 0.05) is 0 Å². The summed E-state index contributed by atoms with van der Waals surface area (Å²) in [6.07, 6.45) is 1.32. The first-order valence-corrected chi connectivity index (χ1v) is 3.12. The van der Waals surface area contributed by atoms with Crippen LogP contribution in [0.5, 0.6) is 0 Å². The lowest BCUT2D eigenvalue weighted by atomic mass is 10.2. The van der Waals surface area contributed by atoms with Crippen molar-refractivity contribution in [3.05, 3.63) is 0 Å². The van der Waals surface area contributed by atoms with Crippen LogP contribution in [0.25, 0.3) is 0 Å². The summed E-state index contributed by atoms with van der Waals surface area (Å²) in [7, 11) is 0. The lowest BCUT2D eigenvalue weighted by molar-refractivity contribution is 0.256.